The number of ether oxygens (including phenoxy) is 2. The lowest BCUT2D eigenvalue weighted by molar-refractivity contribution is 0.0951. The largest absolute Gasteiger partial charge is 0.493 e. The minimum Gasteiger partial charge on any atom is -0.493 e. The highest BCUT2D eigenvalue weighted by molar-refractivity contribution is 5.97. The van der Waals surface area contributed by atoms with Crippen molar-refractivity contribution in [3.05, 3.63) is 95.6 Å². The van der Waals surface area contributed by atoms with E-state index in [9.17, 15) is 4.79 Å². The highest BCUT2D eigenvalue weighted by Gasteiger charge is 2.10. The molecular weight excluding hydrogens is 352 g/mol. The molecule has 5 heteroatoms. The van der Waals surface area contributed by atoms with Crippen molar-refractivity contribution >= 4 is 12.1 Å². The van der Waals surface area contributed by atoms with Crippen LogP contribution in [0.15, 0.2) is 84.0 Å². The third kappa shape index (κ3) is 5.45. The van der Waals surface area contributed by atoms with E-state index in [1.165, 1.54) is 0 Å². The maximum atomic E-state index is 12.3. The Hall–Kier alpha value is -3.60. The van der Waals surface area contributed by atoms with Crippen molar-refractivity contribution in [3.8, 4) is 11.5 Å². The first-order valence-corrected chi connectivity index (χ1v) is 9.08. The summed E-state index contributed by atoms with van der Waals surface area (Å²) in [6.45, 7) is 2.88. The van der Waals surface area contributed by atoms with Crippen LogP contribution in [0.1, 0.15) is 28.4 Å². The van der Waals surface area contributed by atoms with Gasteiger partial charge < -0.3 is 9.47 Å². The lowest BCUT2D eigenvalue weighted by Crippen LogP contribution is -2.18. The Bertz CT molecular complexity index is 922. The molecule has 0 aliphatic carbocycles. The quantitative estimate of drug-likeness (QED) is 0.469. The van der Waals surface area contributed by atoms with Crippen LogP contribution < -0.4 is 14.9 Å². The number of hydrogen-bond acceptors (Lipinski definition) is 4. The Labute approximate surface area is 164 Å². The van der Waals surface area contributed by atoms with Crippen LogP contribution in [0.4, 0.5) is 0 Å². The molecule has 0 bridgehead atoms. The van der Waals surface area contributed by atoms with Crippen molar-refractivity contribution in [2.24, 2.45) is 5.10 Å². The summed E-state index contributed by atoms with van der Waals surface area (Å²) in [6, 6.07) is 24.6. The molecule has 0 radical (unpaired) electrons. The predicted octanol–water partition coefficient (Wildman–Crippen LogP) is 4.43. The van der Waals surface area contributed by atoms with Crippen LogP contribution in [0.3, 0.4) is 0 Å². The van der Waals surface area contributed by atoms with Gasteiger partial charge in [-0.25, -0.2) is 5.43 Å². The van der Waals surface area contributed by atoms with Crippen LogP contribution in [0.2, 0.25) is 0 Å². The molecule has 142 valence electrons. The first-order valence-electron chi connectivity index (χ1n) is 9.08. The van der Waals surface area contributed by atoms with Gasteiger partial charge in [0.15, 0.2) is 0 Å². The van der Waals surface area contributed by atoms with E-state index in [0.29, 0.717) is 24.5 Å². The first kappa shape index (κ1) is 19.2. The topological polar surface area (TPSA) is 59.9 Å². The van der Waals surface area contributed by atoms with Crippen molar-refractivity contribution in [3.63, 3.8) is 0 Å². The van der Waals surface area contributed by atoms with Crippen molar-refractivity contribution < 1.29 is 14.3 Å². The number of carbonyl (C=O) groups excluding carboxylic acids is 1. The van der Waals surface area contributed by atoms with Crippen LogP contribution in [0.25, 0.3) is 0 Å². The molecule has 0 heterocycles. The van der Waals surface area contributed by atoms with Crippen LogP contribution in [0, 0.1) is 0 Å². The van der Waals surface area contributed by atoms with Crippen LogP contribution in [-0.2, 0) is 6.61 Å². The Kier molecular flexibility index (Phi) is 6.79. The smallest absolute Gasteiger partial charge is 0.275 e. The Morgan fingerprint density at radius 1 is 0.929 bits per heavy atom. The summed E-state index contributed by atoms with van der Waals surface area (Å²) < 4.78 is 11.2. The average Bonchev–Trinajstić information content (AvgIpc) is 2.74. The highest BCUT2D eigenvalue weighted by atomic mass is 16.5. The van der Waals surface area contributed by atoms with E-state index < -0.39 is 0 Å². The van der Waals surface area contributed by atoms with Gasteiger partial charge in [0.1, 0.15) is 18.1 Å². The SMILES string of the molecule is CCOc1ccccc1C(=O)N/N=C/c1ccc(OCc2ccccc2)cc1. The molecule has 28 heavy (non-hydrogen) atoms. The number of amides is 1. The number of benzene rings is 3. The Morgan fingerprint density at radius 3 is 2.39 bits per heavy atom. The highest BCUT2D eigenvalue weighted by Crippen LogP contribution is 2.17. The lowest BCUT2D eigenvalue weighted by atomic mass is 10.2. The van der Waals surface area contributed by atoms with Crippen molar-refractivity contribution in [1.29, 1.82) is 0 Å². The summed E-state index contributed by atoms with van der Waals surface area (Å²) in [7, 11) is 0. The monoisotopic (exact) mass is 374 g/mol. The number of nitrogens with one attached hydrogen (secondary N) is 1. The molecule has 3 aromatic carbocycles. The summed E-state index contributed by atoms with van der Waals surface area (Å²) in [5, 5.41) is 4.02. The van der Waals surface area contributed by atoms with Crippen LogP contribution in [-0.4, -0.2) is 18.7 Å². The summed E-state index contributed by atoms with van der Waals surface area (Å²) in [6.07, 6.45) is 1.59. The van der Waals surface area contributed by atoms with Crippen molar-refractivity contribution in [1.82, 2.24) is 5.43 Å². The van der Waals surface area contributed by atoms with Gasteiger partial charge in [-0.3, -0.25) is 4.79 Å². The minimum atomic E-state index is -0.317. The third-order valence-electron chi connectivity index (χ3n) is 3.94. The summed E-state index contributed by atoms with van der Waals surface area (Å²) in [5.74, 6) is 0.997. The number of nitrogens with zero attached hydrogens (tertiary/aromatic N) is 1. The molecule has 0 saturated carbocycles. The number of hydrazone groups is 1. The second kappa shape index (κ2) is 9.92. The van der Waals surface area contributed by atoms with Gasteiger partial charge in [0, 0.05) is 0 Å². The van der Waals surface area contributed by atoms with Gasteiger partial charge in [0.05, 0.1) is 18.4 Å². The fraction of sp³-hybridized carbons (Fsp3) is 0.130. The Balaban J connectivity index is 1.54. The average molecular weight is 374 g/mol. The predicted molar refractivity (Wildman–Crippen MR) is 110 cm³/mol. The normalized spacial score (nSPS) is 10.6. The molecule has 0 spiro atoms. The van der Waals surface area contributed by atoms with E-state index in [1.807, 2.05) is 67.6 Å². The fourth-order valence-corrected chi connectivity index (χ4v) is 2.55. The third-order valence-corrected chi connectivity index (χ3v) is 3.94. The second-order valence-corrected chi connectivity index (χ2v) is 5.97. The van der Waals surface area contributed by atoms with Crippen molar-refractivity contribution in [2.75, 3.05) is 6.61 Å². The molecule has 0 unspecified atom stereocenters. The molecule has 0 saturated heterocycles. The van der Waals surface area contributed by atoms with Crippen LogP contribution >= 0.6 is 0 Å². The Morgan fingerprint density at radius 2 is 1.64 bits per heavy atom. The van der Waals surface area contributed by atoms with E-state index in [4.69, 9.17) is 9.47 Å². The van der Waals surface area contributed by atoms with Crippen LogP contribution in [0.5, 0.6) is 11.5 Å². The summed E-state index contributed by atoms with van der Waals surface area (Å²) >= 11 is 0. The number of carbonyl (C=O) groups is 1. The maximum absolute atomic E-state index is 12.3. The van der Waals surface area contributed by atoms with Gasteiger partial charge in [-0.05, 0) is 54.4 Å². The zero-order valence-corrected chi connectivity index (χ0v) is 15.7. The molecule has 1 N–H and O–H groups in total. The molecule has 1 amide bonds. The maximum Gasteiger partial charge on any atom is 0.275 e. The van der Waals surface area contributed by atoms with E-state index in [2.05, 4.69) is 10.5 Å². The van der Waals surface area contributed by atoms with Gasteiger partial charge in [-0.15, -0.1) is 0 Å². The summed E-state index contributed by atoms with van der Waals surface area (Å²) in [5.41, 5.74) is 4.94. The zero-order valence-electron chi connectivity index (χ0n) is 15.7. The summed E-state index contributed by atoms with van der Waals surface area (Å²) in [4.78, 5) is 12.3. The second-order valence-electron chi connectivity index (χ2n) is 5.97. The molecule has 3 aromatic rings. The molecule has 0 fully saturated rings. The first-order chi connectivity index (χ1) is 13.8. The minimum absolute atomic E-state index is 0.317. The van der Waals surface area contributed by atoms with Gasteiger partial charge in [-0.2, -0.15) is 5.10 Å². The van der Waals surface area contributed by atoms with E-state index in [1.54, 1.807) is 24.4 Å². The molecule has 5 nitrogen and oxygen atoms in total. The van der Waals surface area contributed by atoms with E-state index in [-0.39, 0.29) is 5.91 Å². The van der Waals surface area contributed by atoms with Gasteiger partial charge in [0.2, 0.25) is 0 Å². The molecular formula is C23H22N2O3. The molecule has 0 aromatic heterocycles. The molecule has 0 aliphatic heterocycles. The molecule has 3 rings (SSSR count). The van der Waals surface area contributed by atoms with E-state index >= 15 is 0 Å². The molecule has 0 aliphatic rings. The van der Waals surface area contributed by atoms with Crippen molar-refractivity contribution in [2.45, 2.75) is 13.5 Å². The lowest BCUT2D eigenvalue weighted by Gasteiger charge is -2.08. The van der Waals surface area contributed by atoms with Gasteiger partial charge >= 0.3 is 0 Å². The fourth-order valence-electron chi connectivity index (χ4n) is 2.55. The molecule has 0 atom stereocenters. The number of rotatable bonds is 8. The number of hydrogen-bond donors (Lipinski definition) is 1. The van der Waals surface area contributed by atoms with Gasteiger partial charge in [0.25, 0.3) is 5.91 Å². The van der Waals surface area contributed by atoms with E-state index in [0.717, 1.165) is 16.9 Å². The standard InChI is InChI=1S/C23H22N2O3/c1-2-27-22-11-7-6-10-21(22)23(26)25-24-16-18-12-14-20(15-13-18)28-17-19-8-4-3-5-9-19/h3-16H,2,17H2,1H3,(H,25,26)/b24-16+. The zero-order chi connectivity index (χ0) is 19.6. The van der Waals surface area contributed by atoms with Gasteiger partial charge in [-0.1, -0.05) is 42.5 Å². The number of para-hydroxylation sites is 1.